The van der Waals surface area contributed by atoms with Gasteiger partial charge in [0.2, 0.25) is 0 Å². The summed E-state index contributed by atoms with van der Waals surface area (Å²) in [4.78, 5) is 0. The first-order chi connectivity index (χ1) is 10.1. The van der Waals surface area contributed by atoms with E-state index in [0.29, 0.717) is 32.8 Å². The predicted octanol–water partition coefficient (Wildman–Crippen LogP) is 1.22. The van der Waals surface area contributed by atoms with Crippen LogP contribution in [0.25, 0.3) is 0 Å². The number of ether oxygens (including phenoxy) is 1. The van der Waals surface area contributed by atoms with E-state index in [4.69, 9.17) is 4.74 Å². The third-order valence-electron chi connectivity index (χ3n) is 4.27. The minimum atomic E-state index is -3.40. The third-order valence-corrected chi connectivity index (χ3v) is 6.32. The van der Waals surface area contributed by atoms with Crippen LogP contribution >= 0.6 is 0 Å². The number of hydrogen-bond donors (Lipinski definition) is 0. The van der Waals surface area contributed by atoms with E-state index in [1.165, 1.54) is 0 Å². The fraction of sp³-hybridized carbons (Fsp3) is 0.714. The van der Waals surface area contributed by atoms with E-state index >= 15 is 0 Å². The second kappa shape index (κ2) is 6.08. The molecule has 0 amide bonds. The molecular weight excluding hydrogens is 290 g/mol. The summed E-state index contributed by atoms with van der Waals surface area (Å²) in [5.41, 5.74) is 1.11. The minimum absolute atomic E-state index is 0.0494. The topological polar surface area (TPSA) is 54.8 Å². The van der Waals surface area contributed by atoms with Gasteiger partial charge in [-0.1, -0.05) is 13.3 Å². The predicted molar refractivity (Wildman–Crippen MR) is 80.1 cm³/mol. The maximum Gasteiger partial charge on any atom is 0.282 e. The molecule has 0 radical (unpaired) electrons. The molecule has 1 aromatic rings. The van der Waals surface area contributed by atoms with Gasteiger partial charge in [0.05, 0.1) is 19.3 Å². The molecular formula is C14H23N3O3S. The highest BCUT2D eigenvalue weighted by Gasteiger charge is 2.38. The highest BCUT2D eigenvalue weighted by atomic mass is 32.2. The first-order valence-corrected chi connectivity index (χ1v) is 9.04. The zero-order valence-corrected chi connectivity index (χ0v) is 13.3. The molecule has 21 heavy (non-hydrogen) atoms. The van der Waals surface area contributed by atoms with Crippen LogP contribution in [0.1, 0.15) is 31.5 Å². The molecule has 0 saturated carbocycles. The zero-order chi connectivity index (χ0) is 14.9. The van der Waals surface area contributed by atoms with Crippen molar-refractivity contribution in [1.82, 2.24) is 13.2 Å². The normalized spacial score (nSPS) is 24.9. The number of rotatable bonds is 4. The Bertz CT molecular complexity index is 578. The molecule has 0 aromatic carbocycles. The number of hydrogen-bond acceptors (Lipinski definition) is 3. The Morgan fingerprint density at radius 1 is 1.24 bits per heavy atom. The molecule has 0 N–H and O–H groups in total. The maximum atomic E-state index is 12.9. The summed E-state index contributed by atoms with van der Waals surface area (Å²) in [5, 5.41) is 0. The molecule has 1 fully saturated rings. The number of morpholine rings is 1. The number of nitrogens with zero attached hydrogens (tertiary/aromatic N) is 3. The molecule has 2 aliphatic rings. The Balaban J connectivity index is 1.89. The van der Waals surface area contributed by atoms with Crippen molar-refractivity contribution in [1.29, 1.82) is 0 Å². The Morgan fingerprint density at radius 2 is 2.00 bits per heavy atom. The lowest BCUT2D eigenvalue weighted by atomic mass is 10.1. The molecule has 2 aliphatic heterocycles. The average molecular weight is 313 g/mol. The van der Waals surface area contributed by atoms with E-state index in [-0.39, 0.29) is 6.04 Å². The van der Waals surface area contributed by atoms with Crippen LogP contribution in [0.4, 0.5) is 0 Å². The largest absolute Gasteiger partial charge is 0.379 e. The van der Waals surface area contributed by atoms with Gasteiger partial charge in [0.1, 0.15) is 0 Å². The third kappa shape index (κ3) is 2.75. The Labute approximate surface area is 126 Å². The summed E-state index contributed by atoms with van der Waals surface area (Å²) in [6.45, 7) is 5.26. The number of aromatic nitrogens is 1. The van der Waals surface area contributed by atoms with E-state index in [0.717, 1.165) is 25.1 Å². The van der Waals surface area contributed by atoms with Gasteiger partial charge in [-0.25, -0.2) is 0 Å². The van der Waals surface area contributed by atoms with Crippen LogP contribution in [0.2, 0.25) is 0 Å². The van der Waals surface area contributed by atoms with Gasteiger partial charge in [-0.2, -0.15) is 17.0 Å². The molecule has 118 valence electrons. The summed E-state index contributed by atoms with van der Waals surface area (Å²) >= 11 is 0. The molecule has 1 aromatic heterocycles. The van der Waals surface area contributed by atoms with Crippen molar-refractivity contribution in [3.63, 3.8) is 0 Å². The van der Waals surface area contributed by atoms with Gasteiger partial charge < -0.3 is 9.30 Å². The number of fused-ring (bicyclic) bond motifs is 1. The summed E-state index contributed by atoms with van der Waals surface area (Å²) in [5.74, 6) is 0. The van der Waals surface area contributed by atoms with Crippen molar-refractivity contribution >= 4 is 10.2 Å². The quantitative estimate of drug-likeness (QED) is 0.840. The van der Waals surface area contributed by atoms with E-state index < -0.39 is 10.2 Å². The summed E-state index contributed by atoms with van der Waals surface area (Å²) in [6.07, 6.45) is 3.86. The van der Waals surface area contributed by atoms with Crippen LogP contribution in [-0.4, -0.2) is 54.4 Å². The highest BCUT2D eigenvalue weighted by Crippen LogP contribution is 2.33. The molecule has 1 saturated heterocycles. The van der Waals surface area contributed by atoms with Gasteiger partial charge >= 0.3 is 0 Å². The summed E-state index contributed by atoms with van der Waals surface area (Å²) in [6, 6.07) is 4.00. The fourth-order valence-electron chi connectivity index (χ4n) is 3.21. The van der Waals surface area contributed by atoms with Crippen molar-refractivity contribution in [3.05, 3.63) is 24.0 Å². The molecule has 7 heteroatoms. The molecule has 3 heterocycles. The van der Waals surface area contributed by atoms with Crippen molar-refractivity contribution in [3.8, 4) is 0 Å². The molecule has 3 rings (SSSR count). The van der Waals surface area contributed by atoms with Gasteiger partial charge in [0.25, 0.3) is 10.2 Å². The Hall–Kier alpha value is -0.890. The van der Waals surface area contributed by atoms with Crippen LogP contribution in [-0.2, 0) is 21.5 Å². The second-order valence-electron chi connectivity index (χ2n) is 5.56. The van der Waals surface area contributed by atoms with Gasteiger partial charge in [-0.3, -0.25) is 0 Å². The van der Waals surface area contributed by atoms with Crippen molar-refractivity contribution in [2.24, 2.45) is 0 Å². The lowest BCUT2D eigenvalue weighted by molar-refractivity contribution is 0.0682. The molecule has 0 spiro atoms. The van der Waals surface area contributed by atoms with Crippen LogP contribution in [0.3, 0.4) is 0 Å². The van der Waals surface area contributed by atoms with Gasteiger partial charge in [0.15, 0.2) is 0 Å². The molecule has 6 nitrogen and oxygen atoms in total. The maximum absolute atomic E-state index is 12.9. The second-order valence-corrected chi connectivity index (χ2v) is 7.44. The lowest BCUT2D eigenvalue weighted by Crippen LogP contribution is -2.52. The average Bonchev–Trinajstić information content (AvgIpc) is 2.97. The van der Waals surface area contributed by atoms with Crippen LogP contribution < -0.4 is 0 Å². The summed E-state index contributed by atoms with van der Waals surface area (Å²) in [7, 11) is -3.40. The smallest absolute Gasteiger partial charge is 0.282 e. The van der Waals surface area contributed by atoms with E-state index in [1.54, 1.807) is 8.61 Å². The van der Waals surface area contributed by atoms with Crippen molar-refractivity contribution in [2.75, 3.05) is 32.8 Å². The molecule has 1 atom stereocenters. The van der Waals surface area contributed by atoms with Crippen molar-refractivity contribution in [2.45, 2.75) is 32.4 Å². The van der Waals surface area contributed by atoms with Crippen LogP contribution in [0, 0.1) is 0 Å². The monoisotopic (exact) mass is 313 g/mol. The van der Waals surface area contributed by atoms with Crippen molar-refractivity contribution < 1.29 is 13.2 Å². The van der Waals surface area contributed by atoms with Crippen LogP contribution in [0.5, 0.6) is 0 Å². The van der Waals surface area contributed by atoms with E-state index in [1.807, 2.05) is 18.3 Å². The standard InChI is InChI=1S/C14H23N3O3S/c1-2-4-14-13-5-3-6-15(13)7-8-17(14)21(18,19)16-9-11-20-12-10-16/h3,5-6,14H,2,4,7-12H2,1H3/t14-/m0/s1. The molecule has 0 aliphatic carbocycles. The first kappa shape index (κ1) is 15.0. The van der Waals surface area contributed by atoms with Gasteiger partial charge in [-0.15, -0.1) is 0 Å². The fourth-order valence-corrected chi connectivity index (χ4v) is 4.96. The highest BCUT2D eigenvalue weighted by molar-refractivity contribution is 7.86. The molecule has 0 bridgehead atoms. The van der Waals surface area contributed by atoms with Gasteiger partial charge in [-0.05, 0) is 18.6 Å². The Kier molecular flexibility index (Phi) is 4.35. The zero-order valence-electron chi connectivity index (χ0n) is 12.4. The lowest BCUT2D eigenvalue weighted by Gasteiger charge is -2.39. The van der Waals surface area contributed by atoms with Gasteiger partial charge in [0, 0.05) is 38.1 Å². The minimum Gasteiger partial charge on any atom is -0.379 e. The summed E-state index contributed by atoms with van der Waals surface area (Å²) < 4.78 is 36.6. The van der Waals surface area contributed by atoms with Crippen LogP contribution in [0.15, 0.2) is 18.3 Å². The SMILES string of the molecule is CCC[C@H]1c2cccn2CCN1S(=O)(=O)N1CCOCC1. The van der Waals surface area contributed by atoms with E-state index in [9.17, 15) is 8.42 Å². The van der Waals surface area contributed by atoms with E-state index in [2.05, 4.69) is 11.5 Å². The Morgan fingerprint density at radius 3 is 2.71 bits per heavy atom. The first-order valence-electron chi connectivity index (χ1n) is 7.64. The molecule has 0 unspecified atom stereocenters.